The Morgan fingerprint density at radius 2 is 1.73 bits per heavy atom. The van der Waals surface area contributed by atoms with Crippen molar-refractivity contribution >= 4 is 17.7 Å². The van der Waals surface area contributed by atoms with Crippen LogP contribution in [0, 0.1) is 0 Å². The number of amides is 1. The normalized spacial score (nSPS) is 10.5. The minimum atomic E-state index is 0.0504. The molecule has 0 fully saturated rings. The van der Waals surface area contributed by atoms with Crippen LogP contribution in [0.2, 0.25) is 0 Å². The first-order valence-electron chi connectivity index (χ1n) is 9.57. The molecule has 0 atom stereocenters. The molecule has 7 heteroatoms. The van der Waals surface area contributed by atoms with E-state index in [4.69, 9.17) is 9.47 Å². The minimum Gasteiger partial charge on any atom is -0.493 e. The number of carbonyl (C=O) groups is 1. The van der Waals surface area contributed by atoms with Crippen molar-refractivity contribution in [1.82, 2.24) is 15.1 Å². The Hall–Kier alpha value is -3.06. The summed E-state index contributed by atoms with van der Waals surface area (Å²) in [4.78, 5) is 14.2. The lowest BCUT2D eigenvalue weighted by Gasteiger charge is -2.17. The number of benzene rings is 2. The zero-order valence-electron chi connectivity index (χ0n) is 17.4. The summed E-state index contributed by atoms with van der Waals surface area (Å²) in [5.41, 5.74) is 2.92. The molecule has 0 unspecified atom stereocenters. The van der Waals surface area contributed by atoms with Gasteiger partial charge in [0.05, 0.1) is 25.7 Å². The van der Waals surface area contributed by atoms with Gasteiger partial charge < -0.3 is 14.4 Å². The minimum absolute atomic E-state index is 0.0504. The van der Waals surface area contributed by atoms with Crippen LogP contribution in [-0.4, -0.2) is 54.6 Å². The first kappa shape index (κ1) is 21.6. The first-order valence-corrected chi connectivity index (χ1v) is 10.6. The zero-order valence-corrected chi connectivity index (χ0v) is 18.2. The number of thioether (sulfide) groups is 1. The van der Waals surface area contributed by atoms with Crippen LogP contribution in [-0.2, 0) is 11.2 Å². The van der Waals surface area contributed by atoms with Gasteiger partial charge in [0.25, 0.3) is 0 Å². The van der Waals surface area contributed by atoms with Crippen LogP contribution in [0.5, 0.6) is 11.5 Å². The highest BCUT2D eigenvalue weighted by atomic mass is 32.2. The van der Waals surface area contributed by atoms with Crippen LogP contribution in [0.25, 0.3) is 11.3 Å². The molecule has 6 nitrogen and oxygen atoms in total. The van der Waals surface area contributed by atoms with E-state index in [0.29, 0.717) is 23.8 Å². The number of ether oxygens (including phenoxy) is 2. The molecule has 0 aliphatic heterocycles. The van der Waals surface area contributed by atoms with E-state index >= 15 is 0 Å². The number of aromatic nitrogens is 2. The van der Waals surface area contributed by atoms with Crippen molar-refractivity contribution in [3.8, 4) is 22.8 Å². The molecule has 1 aromatic heterocycles. The molecule has 0 bridgehead atoms. The highest BCUT2D eigenvalue weighted by molar-refractivity contribution is 7.99. The number of methoxy groups -OCH3 is 2. The lowest BCUT2D eigenvalue weighted by Crippen LogP contribution is -2.30. The van der Waals surface area contributed by atoms with Crippen molar-refractivity contribution in [2.75, 3.05) is 33.6 Å². The van der Waals surface area contributed by atoms with Gasteiger partial charge in [-0.05, 0) is 36.2 Å². The molecule has 156 valence electrons. The monoisotopic (exact) mass is 423 g/mol. The predicted octanol–water partition coefficient (Wildman–Crippen LogP) is 3.95. The fourth-order valence-electron chi connectivity index (χ4n) is 2.86. The van der Waals surface area contributed by atoms with Gasteiger partial charge in [-0.25, -0.2) is 0 Å². The van der Waals surface area contributed by atoms with Gasteiger partial charge in [-0.3, -0.25) is 4.79 Å². The summed E-state index contributed by atoms with van der Waals surface area (Å²) in [7, 11) is 5.04. The molecule has 0 spiro atoms. The van der Waals surface area contributed by atoms with Gasteiger partial charge in [-0.1, -0.05) is 48.2 Å². The van der Waals surface area contributed by atoms with Crippen LogP contribution in [0.15, 0.2) is 65.7 Å². The number of likely N-dealkylation sites (N-methyl/N-ethyl adjacent to an activating group) is 1. The maximum Gasteiger partial charge on any atom is 0.232 e. The van der Waals surface area contributed by atoms with Gasteiger partial charge >= 0.3 is 0 Å². The quantitative estimate of drug-likeness (QED) is 0.486. The van der Waals surface area contributed by atoms with Crippen molar-refractivity contribution in [3.63, 3.8) is 0 Å². The third-order valence-electron chi connectivity index (χ3n) is 4.66. The van der Waals surface area contributed by atoms with Crippen LogP contribution in [0.4, 0.5) is 0 Å². The second kappa shape index (κ2) is 10.6. The Morgan fingerprint density at radius 1 is 0.967 bits per heavy atom. The van der Waals surface area contributed by atoms with Crippen LogP contribution >= 0.6 is 11.8 Å². The lowest BCUT2D eigenvalue weighted by molar-refractivity contribution is -0.127. The zero-order chi connectivity index (χ0) is 21.3. The van der Waals surface area contributed by atoms with E-state index in [1.165, 1.54) is 11.8 Å². The van der Waals surface area contributed by atoms with Crippen LogP contribution < -0.4 is 9.47 Å². The van der Waals surface area contributed by atoms with Gasteiger partial charge in [0.2, 0.25) is 5.91 Å². The maximum absolute atomic E-state index is 12.5. The molecule has 2 aromatic carbocycles. The number of carbonyl (C=O) groups excluding carboxylic acids is 1. The van der Waals surface area contributed by atoms with Gasteiger partial charge in [0, 0.05) is 19.2 Å². The number of hydrogen-bond acceptors (Lipinski definition) is 6. The second-order valence-corrected chi connectivity index (χ2v) is 7.66. The van der Waals surface area contributed by atoms with E-state index in [1.54, 1.807) is 19.1 Å². The summed E-state index contributed by atoms with van der Waals surface area (Å²) < 4.78 is 10.6. The highest BCUT2D eigenvalue weighted by Gasteiger charge is 2.12. The Balaban J connectivity index is 1.49. The molecule has 0 N–H and O–H groups in total. The van der Waals surface area contributed by atoms with Crippen molar-refractivity contribution in [2.45, 2.75) is 11.4 Å². The largest absolute Gasteiger partial charge is 0.493 e. The van der Waals surface area contributed by atoms with Crippen molar-refractivity contribution in [2.24, 2.45) is 0 Å². The second-order valence-electron chi connectivity index (χ2n) is 6.67. The number of hydrogen-bond donors (Lipinski definition) is 0. The third kappa shape index (κ3) is 5.73. The van der Waals surface area contributed by atoms with E-state index in [0.717, 1.165) is 28.3 Å². The average Bonchev–Trinajstić information content (AvgIpc) is 2.81. The predicted molar refractivity (Wildman–Crippen MR) is 119 cm³/mol. The molecule has 1 amide bonds. The topological polar surface area (TPSA) is 64.5 Å². The molecule has 0 saturated carbocycles. The SMILES string of the molecule is COc1ccc(CCN(C)C(=O)CSc2ccc(-c3ccccc3)nn2)cc1OC. The van der Waals surface area contributed by atoms with Crippen LogP contribution in [0.1, 0.15) is 5.56 Å². The van der Waals surface area contributed by atoms with E-state index < -0.39 is 0 Å². The standard InChI is InChI=1S/C23H25N3O3S/c1-26(14-13-17-9-11-20(28-2)21(15-17)29-3)23(27)16-30-22-12-10-19(24-25-22)18-7-5-4-6-8-18/h4-12,15H,13-14,16H2,1-3H3. The molecule has 3 aromatic rings. The summed E-state index contributed by atoms with van der Waals surface area (Å²) >= 11 is 1.39. The summed E-state index contributed by atoms with van der Waals surface area (Å²) in [6.07, 6.45) is 0.735. The smallest absolute Gasteiger partial charge is 0.232 e. The Bertz CT molecular complexity index is 965. The maximum atomic E-state index is 12.5. The van der Waals surface area contributed by atoms with Crippen molar-refractivity contribution in [3.05, 3.63) is 66.2 Å². The van der Waals surface area contributed by atoms with E-state index in [-0.39, 0.29) is 5.91 Å². The molecule has 0 aliphatic rings. The van der Waals surface area contributed by atoms with E-state index in [1.807, 2.05) is 67.7 Å². The Labute approximate surface area is 181 Å². The average molecular weight is 424 g/mol. The van der Waals surface area contributed by atoms with E-state index in [9.17, 15) is 4.79 Å². The highest BCUT2D eigenvalue weighted by Crippen LogP contribution is 2.27. The Morgan fingerprint density at radius 3 is 2.40 bits per heavy atom. The molecule has 0 radical (unpaired) electrons. The summed E-state index contributed by atoms with van der Waals surface area (Å²) in [6.45, 7) is 0.619. The van der Waals surface area contributed by atoms with Gasteiger partial charge in [0.1, 0.15) is 5.03 Å². The first-order chi connectivity index (χ1) is 14.6. The van der Waals surface area contributed by atoms with Gasteiger partial charge in [0.15, 0.2) is 11.5 Å². The molecule has 30 heavy (non-hydrogen) atoms. The van der Waals surface area contributed by atoms with E-state index in [2.05, 4.69) is 10.2 Å². The fourth-order valence-corrected chi connectivity index (χ4v) is 3.62. The summed E-state index contributed by atoms with van der Waals surface area (Å²) in [5, 5.41) is 9.22. The van der Waals surface area contributed by atoms with Crippen LogP contribution in [0.3, 0.4) is 0 Å². The van der Waals surface area contributed by atoms with Crippen molar-refractivity contribution in [1.29, 1.82) is 0 Å². The van der Waals surface area contributed by atoms with Crippen molar-refractivity contribution < 1.29 is 14.3 Å². The van der Waals surface area contributed by atoms with Gasteiger partial charge in [-0.15, -0.1) is 10.2 Å². The lowest BCUT2D eigenvalue weighted by atomic mass is 10.1. The molecule has 0 aliphatic carbocycles. The molecule has 0 saturated heterocycles. The molecular formula is C23H25N3O3S. The number of nitrogens with zero attached hydrogens (tertiary/aromatic N) is 3. The third-order valence-corrected chi connectivity index (χ3v) is 5.57. The Kier molecular flexibility index (Phi) is 7.68. The molecule has 1 heterocycles. The summed E-state index contributed by atoms with van der Waals surface area (Å²) in [6, 6.07) is 19.5. The number of rotatable bonds is 9. The molecule has 3 rings (SSSR count). The fraction of sp³-hybridized carbons (Fsp3) is 0.261. The molecular weight excluding hydrogens is 398 g/mol. The van der Waals surface area contributed by atoms with Gasteiger partial charge in [-0.2, -0.15) is 0 Å². The summed E-state index contributed by atoms with van der Waals surface area (Å²) in [5.74, 6) is 1.76.